The van der Waals surface area contributed by atoms with Crippen molar-refractivity contribution in [3.63, 3.8) is 0 Å². The number of amides is 1. The number of hydrogen-bond acceptors (Lipinski definition) is 2. The monoisotopic (exact) mass is 266 g/mol. The van der Waals surface area contributed by atoms with E-state index in [1.54, 1.807) is 0 Å². The summed E-state index contributed by atoms with van der Waals surface area (Å²) < 4.78 is 0. The van der Waals surface area contributed by atoms with Gasteiger partial charge in [0, 0.05) is 19.1 Å². The highest BCUT2D eigenvalue weighted by Gasteiger charge is 2.25. The van der Waals surface area contributed by atoms with Gasteiger partial charge in [0.25, 0.3) is 0 Å². The molecule has 2 aliphatic rings. The number of hydrogen-bond donors (Lipinski definition) is 1. The fourth-order valence-electron chi connectivity index (χ4n) is 3.40. The molecular formula is C16H30N2O. The summed E-state index contributed by atoms with van der Waals surface area (Å²) in [4.78, 5) is 14.3. The van der Waals surface area contributed by atoms with Gasteiger partial charge in [-0.3, -0.25) is 4.79 Å². The summed E-state index contributed by atoms with van der Waals surface area (Å²) in [6.45, 7) is 7.18. The van der Waals surface area contributed by atoms with Gasteiger partial charge in [-0.2, -0.15) is 0 Å². The predicted molar refractivity (Wildman–Crippen MR) is 79.0 cm³/mol. The molecule has 0 aromatic rings. The molecule has 3 nitrogen and oxygen atoms in total. The van der Waals surface area contributed by atoms with Gasteiger partial charge < -0.3 is 10.2 Å². The van der Waals surface area contributed by atoms with E-state index in [-0.39, 0.29) is 0 Å². The third-order valence-corrected chi connectivity index (χ3v) is 5.10. The largest absolute Gasteiger partial charge is 0.342 e. The van der Waals surface area contributed by atoms with Crippen LogP contribution in [0, 0.1) is 11.8 Å². The molecule has 0 bridgehead atoms. The SMILES string of the molecule is CC1CCC(NCC(=O)N2CCCCCC2)CC1C. The van der Waals surface area contributed by atoms with Crippen LogP contribution in [0.2, 0.25) is 0 Å². The maximum Gasteiger partial charge on any atom is 0.236 e. The molecular weight excluding hydrogens is 236 g/mol. The minimum atomic E-state index is 0.313. The van der Waals surface area contributed by atoms with Crippen LogP contribution in [0.25, 0.3) is 0 Å². The van der Waals surface area contributed by atoms with E-state index >= 15 is 0 Å². The van der Waals surface area contributed by atoms with Crippen LogP contribution in [0.15, 0.2) is 0 Å². The van der Waals surface area contributed by atoms with Gasteiger partial charge in [0.1, 0.15) is 0 Å². The summed E-state index contributed by atoms with van der Waals surface area (Å²) in [5.74, 6) is 1.95. The normalized spacial score (nSPS) is 32.9. The Kier molecular flexibility index (Phi) is 5.68. The summed E-state index contributed by atoms with van der Waals surface area (Å²) in [6.07, 6.45) is 8.71. The van der Waals surface area contributed by atoms with E-state index in [1.165, 1.54) is 44.9 Å². The van der Waals surface area contributed by atoms with Gasteiger partial charge in [-0.25, -0.2) is 0 Å². The molecule has 2 fully saturated rings. The highest BCUT2D eigenvalue weighted by Crippen LogP contribution is 2.29. The van der Waals surface area contributed by atoms with Crippen molar-refractivity contribution in [1.82, 2.24) is 10.2 Å². The fraction of sp³-hybridized carbons (Fsp3) is 0.938. The average Bonchev–Trinajstić information content (AvgIpc) is 2.69. The number of rotatable bonds is 3. The number of nitrogens with zero attached hydrogens (tertiary/aromatic N) is 1. The van der Waals surface area contributed by atoms with Crippen LogP contribution in [0.3, 0.4) is 0 Å². The number of carbonyl (C=O) groups is 1. The second kappa shape index (κ2) is 7.28. The zero-order chi connectivity index (χ0) is 13.7. The van der Waals surface area contributed by atoms with E-state index < -0.39 is 0 Å². The van der Waals surface area contributed by atoms with Gasteiger partial charge in [0.2, 0.25) is 5.91 Å². The summed E-state index contributed by atoms with van der Waals surface area (Å²) >= 11 is 0. The molecule has 1 heterocycles. The lowest BCUT2D eigenvalue weighted by atomic mass is 9.79. The van der Waals surface area contributed by atoms with E-state index in [0.717, 1.165) is 24.9 Å². The smallest absolute Gasteiger partial charge is 0.236 e. The number of nitrogens with one attached hydrogen (secondary N) is 1. The molecule has 3 heteroatoms. The number of likely N-dealkylation sites (tertiary alicyclic amines) is 1. The van der Waals surface area contributed by atoms with Crippen molar-refractivity contribution in [3.8, 4) is 0 Å². The Morgan fingerprint density at radius 1 is 1.05 bits per heavy atom. The minimum Gasteiger partial charge on any atom is -0.342 e. The van der Waals surface area contributed by atoms with Crippen molar-refractivity contribution in [2.75, 3.05) is 19.6 Å². The van der Waals surface area contributed by atoms with Crippen molar-refractivity contribution in [2.24, 2.45) is 11.8 Å². The Bertz CT molecular complexity index is 284. The Morgan fingerprint density at radius 3 is 2.37 bits per heavy atom. The van der Waals surface area contributed by atoms with Crippen LogP contribution in [0.5, 0.6) is 0 Å². The molecule has 1 aliphatic carbocycles. The lowest BCUT2D eigenvalue weighted by Gasteiger charge is -2.33. The first-order valence-electron chi connectivity index (χ1n) is 8.18. The van der Waals surface area contributed by atoms with Crippen molar-refractivity contribution in [1.29, 1.82) is 0 Å². The van der Waals surface area contributed by atoms with E-state index in [9.17, 15) is 4.79 Å². The topological polar surface area (TPSA) is 32.3 Å². The van der Waals surface area contributed by atoms with Gasteiger partial charge in [-0.1, -0.05) is 26.7 Å². The maximum absolute atomic E-state index is 12.2. The van der Waals surface area contributed by atoms with Crippen LogP contribution >= 0.6 is 0 Å². The third-order valence-electron chi connectivity index (χ3n) is 5.10. The molecule has 3 atom stereocenters. The van der Waals surface area contributed by atoms with Crippen molar-refractivity contribution in [2.45, 2.75) is 64.8 Å². The molecule has 0 aromatic heterocycles. The Hall–Kier alpha value is -0.570. The Morgan fingerprint density at radius 2 is 1.74 bits per heavy atom. The van der Waals surface area contributed by atoms with Crippen molar-refractivity contribution < 1.29 is 4.79 Å². The highest BCUT2D eigenvalue weighted by molar-refractivity contribution is 5.78. The molecule has 19 heavy (non-hydrogen) atoms. The van der Waals surface area contributed by atoms with E-state index in [1.807, 2.05) is 0 Å². The molecule has 1 saturated heterocycles. The van der Waals surface area contributed by atoms with Crippen LogP contribution in [0.1, 0.15) is 58.8 Å². The maximum atomic E-state index is 12.2. The highest BCUT2D eigenvalue weighted by atomic mass is 16.2. The van der Waals surface area contributed by atoms with Gasteiger partial charge in [0.05, 0.1) is 6.54 Å². The molecule has 1 aliphatic heterocycles. The molecule has 0 aromatic carbocycles. The lowest BCUT2D eigenvalue weighted by Crippen LogP contribution is -2.44. The zero-order valence-corrected chi connectivity index (χ0v) is 12.7. The molecule has 3 unspecified atom stereocenters. The zero-order valence-electron chi connectivity index (χ0n) is 12.7. The molecule has 2 rings (SSSR count). The molecule has 1 N–H and O–H groups in total. The number of carbonyl (C=O) groups excluding carboxylic acids is 1. The second-order valence-electron chi connectivity index (χ2n) is 6.64. The summed E-state index contributed by atoms with van der Waals surface area (Å²) in [5.41, 5.74) is 0. The van der Waals surface area contributed by atoms with Crippen LogP contribution in [-0.4, -0.2) is 36.5 Å². The lowest BCUT2D eigenvalue weighted by molar-refractivity contribution is -0.130. The molecule has 0 radical (unpaired) electrons. The van der Waals surface area contributed by atoms with Crippen LogP contribution in [-0.2, 0) is 4.79 Å². The van der Waals surface area contributed by atoms with E-state index in [0.29, 0.717) is 18.5 Å². The Labute approximate surface area is 118 Å². The second-order valence-corrected chi connectivity index (χ2v) is 6.64. The Balaban J connectivity index is 1.71. The molecule has 1 amide bonds. The van der Waals surface area contributed by atoms with Crippen LogP contribution in [0.4, 0.5) is 0 Å². The van der Waals surface area contributed by atoms with Gasteiger partial charge in [0.15, 0.2) is 0 Å². The van der Waals surface area contributed by atoms with Gasteiger partial charge >= 0.3 is 0 Å². The predicted octanol–water partition coefficient (Wildman–Crippen LogP) is 2.80. The first-order valence-corrected chi connectivity index (χ1v) is 8.18. The minimum absolute atomic E-state index is 0.313. The quantitative estimate of drug-likeness (QED) is 0.852. The van der Waals surface area contributed by atoms with Crippen molar-refractivity contribution in [3.05, 3.63) is 0 Å². The van der Waals surface area contributed by atoms with Crippen molar-refractivity contribution >= 4 is 5.91 Å². The average molecular weight is 266 g/mol. The summed E-state index contributed by atoms with van der Waals surface area (Å²) in [6, 6.07) is 0.558. The van der Waals surface area contributed by atoms with Crippen LogP contribution < -0.4 is 5.32 Å². The first-order chi connectivity index (χ1) is 9.16. The van der Waals surface area contributed by atoms with E-state index in [4.69, 9.17) is 0 Å². The van der Waals surface area contributed by atoms with Gasteiger partial charge in [-0.15, -0.1) is 0 Å². The van der Waals surface area contributed by atoms with Gasteiger partial charge in [-0.05, 0) is 43.9 Å². The standard InChI is InChI=1S/C16H30N2O/c1-13-7-8-15(11-14(13)2)17-12-16(19)18-9-5-3-4-6-10-18/h13-15,17H,3-12H2,1-2H3. The summed E-state index contributed by atoms with van der Waals surface area (Å²) in [5, 5.41) is 3.50. The molecule has 110 valence electrons. The fourth-order valence-corrected chi connectivity index (χ4v) is 3.40. The van der Waals surface area contributed by atoms with E-state index in [2.05, 4.69) is 24.1 Å². The first kappa shape index (κ1) is 14.8. The molecule has 0 spiro atoms. The summed E-state index contributed by atoms with van der Waals surface area (Å²) in [7, 11) is 0. The molecule has 1 saturated carbocycles. The third kappa shape index (κ3) is 4.48.